The molecular weight excluding hydrogens is 398 g/mol. The molecule has 0 aromatic carbocycles. The van der Waals surface area contributed by atoms with Crippen LogP contribution in [0.3, 0.4) is 0 Å². The predicted octanol–water partition coefficient (Wildman–Crippen LogP) is 5.09. The molecule has 0 aliphatic carbocycles. The van der Waals surface area contributed by atoms with Crippen molar-refractivity contribution in [3.8, 4) is 0 Å². The van der Waals surface area contributed by atoms with Crippen LogP contribution in [0, 0.1) is 0 Å². The minimum atomic E-state index is -1.19. The lowest BCUT2D eigenvalue weighted by Crippen LogP contribution is -2.70. The van der Waals surface area contributed by atoms with Gasteiger partial charge in [-0.3, -0.25) is 4.48 Å². The number of hydrogen-bond acceptors (Lipinski definition) is 3. The number of carboxylic acid groups (broad SMARTS) is 3. The van der Waals surface area contributed by atoms with Gasteiger partial charge in [0, 0.05) is 6.42 Å². The van der Waals surface area contributed by atoms with Crippen molar-refractivity contribution >= 4 is 17.9 Å². The third-order valence-electron chi connectivity index (χ3n) is 6.54. The van der Waals surface area contributed by atoms with E-state index in [2.05, 4.69) is 13.0 Å². The average Bonchev–Trinajstić information content (AvgIpc) is 2.72. The summed E-state index contributed by atoms with van der Waals surface area (Å²) in [6.45, 7) is 6.60. The first-order valence-electron chi connectivity index (χ1n) is 11.8. The highest BCUT2D eigenvalue weighted by molar-refractivity contribution is 5.77. The van der Waals surface area contributed by atoms with E-state index in [1.165, 1.54) is 65.7 Å². The fraction of sp³-hybridized carbons (Fsp3) is 0.792. The molecule has 0 aliphatic heterocycles. The molecule has 0 rings (SSSR count). The second-order valence-corrected chi connectivity index (χ2v) is 8.64. The van der Waals surface area contributed by atoms with Crippen LogP contribution >= 0.6 is 0 Å². The molecule has 0 spiro atoms. The number of hydrogen-bond donors (Lipinski definition) is 3. The molecule has 0 bridgehead atoms. The Morgan fingerprint density at radius 2 is 1.00 bits per heavy atom. The molecule has 3 atom stereocenters. The van der Waals surface area contributed by atoms with Gasteiger partial charge in [0.05, 0.1) is 6.54 Å². The molecule has 7 heteroatoms. The maximum atomic E-state index is 11.7. The van der Waals surface area contributed by atoms with Gasteiger partial charge in [0.15, 0.2) is 18.1 Å². The van der Waals surface area contributed by atoms with E-state index in [0.29, 0.717) is 12.8 Å². The Hall–Kier alpha value is -1.89. The summed E-state index contributed by atoms with van der Waals surface area (Å²) in [4.78, 5) is 35.2. The first-order valence-corrected chi connectivity index (χ1v) is 11.8. The van der Waals surface area contributed by atoms with E-state index in [4.69, 9.17) is 0 Å². The highest BCUT2D eigenvalue weighted by Gasteiger charge is 2.52. The zero-order valence-electron chi connectivity index (χ0n) is 19.9. The van der Waals surface area contributed by atoms with Crippen molar-refractivity contribution in [3.05, 3.63) is 12.2 Å². The van der Waals surface area contributed by atoms with Crippen molar-refractivity contribution in [2.24, 2.45) is 0 Å². The summed E-state index contributed by atoms with van der Waals surface area (Å²) in [5.41, 5.74) is 0. The SMILES string of the molecule is CCCCCCCCCC/C=C/CCC[N+](C(C)C(=O)O)(C(C)C(=O)O)C(C)C(=O)O. The van der Waals surface area contributed by atoms with Gasteiger partial charge in [-0.15, -0.1) is 0 Å². The van der Waals surface area contributed by atoms with Crippen LogP contribution < -0.4 is 0 Å². The molecule has 0 saturated carbocycles. The van der Waals surface area contributed by atoms with Gasteiger partial charge < -0.3 is 15.3 Å². The molecule has 31 heavy (non-hydrogen) atoms. The van der Waals surface area contributed by atoms with E-state index >= 15 is 0 Å². The molecule has 0 amide bonds. The van der Waals surface area contributed by atoms with Gasteiger partial charge in [0.25, 0.3) is 0 Å². The molecule has 0 radical (unpaired) electrons. The Labute approximate surface area is 187 Å². The van der Waals surface area contributed by atoms with Crippen LogP contribution in [0.1, 0.15) is 98.3 Å². The highest BCUT2D eigenvalue weighted by atomic mass is 16.4. The van der Waals surface area contributed by atoms with Crippen molar-refractivity contribution in [1.82, 2.24) is 0 Å². The van der Waals surface area contributed by atoms with Crippen molar-refractivity contribution in [2.75, 3.05) is 6.54 Å². The Morgan fingerprint density at radius 3 is 1.39 bits per heavy atom. The van der Waals surface area contributed by atoms with E-state index < -0.39 is 40.5 Å². The van der Waals surface area contributed by atoms with Crippen LogP contribution in [0.25, 0.3) is 0 Å². The topological polar surface area (TPSA) is 112 Å². The maximum absolute atomic E-state index is 11.7. The van der Waals surface area contributed by atoms with Gasteiger partial charge in [-0.2, -0.15) is 0 Å². The average molecular weight is 443 g/mol. The number of aliphatic carboxylic acids is 3. The van der Waals surface area contributed by atoms with E-state index in [1.807, 2.05) is 6.08 Å². The fourth-order valence-corrected chi connectivity index (χ4v) is 4.32. The first-order chi connectivity index (χ1) is 14.6. The van der Waals surface area contributed by atoms with Gasteiger partial charge in [0.1, 0.15) is 0 Å². The molecule has 0 fully saturated rings. The summed E-state index contributed by atoms with van der Waals surface area (Å²) in [6.07, 6.45) is 16.5. The molecule has 3 N–H and O–H groups in total. The second kappa shape index (κ2) is 15.8. The van der Waals surface area contributed by atoms with E-state index in [1.54, 1.807) is 0 Å². The molecule has 3 unspecified atom stereocenters. The lowest BCUT2D eigenvalue weighted by Gasteiger charge is -2.47. The largest absolute Gasteiger partial charge is 0.477 e. The lowest BCUT2D eigenvalue weighted by molar-refractivity contribution is -0.968. The van der Waals surface area contributed by atoms with E-state index in [0.717, 1.165) is 12.8 Å². The van der Waals surface area contributed by atoms with Crippen molar-refractivity contribution in [3.63, 3.8) is 0 Å². The fourth-order valence-electron chi connectivity index (χ4n) is 4.32. The number of nitrogens with zero attached hydrogens (tertiary/aromatic N) is 1. The summed E-state index contributed by atoms with van der Waals surface area (Å²) in [5, 5.41) is 28.7. The number of rotatable bonds is 19. The van der Waals surface area contributed by atoms with Gasteiger partial charge in [-0.25, -0.2) is 14.4 Å². The standard InChI is InChI=1S/C24H43NO6/c1-5-6-7-8-9-10-11-12-13-14-15-16-17-18-25(19(2)22(26)27,20(3)23(28)29)21(4)24(30)31/h14-15,19-21H,5-13,16-18H2,1-4H3,(H2-,26,27,28,29,30,31)/p+1/b15-14+. The number of quaternary nitrogens is 1. The van der Waals surface area contributed by atoms with Gasteiger partial charge in [-0.05, 0) is 40.0 Å². The van der Waals surface area contributed by atoms with Gasteiger partial charge >= 0.3 is 17.9 Å². The third-order valence-corrected chi connectivity index (χ3v) is 6.54. The van der Waals surface area contributed by atoms with Crippen LogP contribution in [0.5, 0.6) is 0 Å². The number of carbonyl (C=O) groups is 3. The van der Waals surface area contributed by atoms with Crippen LogP contribution in [0.4, 0.5) is 0 Å². The number of allylic oxidation sites excluding steroid dienone is 2. The van der Waals surface area contributed by atoms with E-state index in [-0.39, 0.29) is 6.54 Å². The molecular formula is C24H44NO6+. The van der Waals surface area contributed by atoms with Crippen LogP contribution in [-0.2, 0) is 14.4 Å². The molecule has 0 aromatic rings. The number of unbranched alkanes of at least 4 members (excludes halogenated alkanes) is 9. The van der Waals surface area contributed by atoms with Crippen LogP contribution in [0.2, 0.25) is 0 Å². The summed E-state index contributed by atoms with van der Waals surface area (Å²) >= 11 is 0. The third kappa shape index (κ3) is 9.85. The molecule has 0 aromatic heterocycles. The highest BCUT2D eigenvalue weighted by Crippen LogP contribution is 2.27. The van der Waals surface area contributed by atoms with Gasteiger partial charge in [0.2, 0.25) is 0 Å². The summed E-state index contributed by atoms with van der Waals surface area (Å²) < 4.78 is -0.508. The predicted molar refractivity (Wildman–Crippen MR) is 122 cm³/mol. The van der Waals surface area contributed by atoms with Crippen molar-refractivity contribution in [2.45, 2.75) is 116 Å². The maximum Gasteiger partial charge on any atom is 0.362 e. The van der Waals surface area contributed by atoms with Crippen molar-refractivity contribution < 1.29 is 34.2 Å². The number of carboxylic acids is 3. The Morgan fingerprint density at radius 1 is 0.645 bits per heavy atom. The smallest absolute Gasteiger partial charge is 0.362 e. The quantitative estimate of drug-likeness (QED) is 0.146. The lowest BCUT2D eigenvalue weighted by atomic mass is 10.0. The Bertz CT molecular complexity index is 524. The van der Waals surface area contributed by atoms with Crippen molar-refractivity contribution in [1.29, 1.82) is 0 Å². The normalized spacial score (nSPS) is 16.5. The second-order valence-electron chi connectivity index (χ2n) is 8.64. The molecule has 0 aliphatic rings. The summed E-state index contributed by atoms with van der Waals surface area (Å²) in [7, 11) is 0. The summed E-state index contributed by atoms with van der Waals surface area (Å²) in [5.74, 6) is -3.57. The van der Waals surface area contributed by atoms with E-state index in [9.17, 15) is 29.7 Å². The zero-order chi connectivity index (χ0) is 23.9. The minimum absolute atomic E-state index is 0.177. The van der Waals surface area contributed by atoms with Crippen LogP contribution in [-0.4, -0.2) is 62.4 Å². The minimum Gasteiger partial charge on any atom is -0.477 e. The van der Waals surface area contributed by atoms with Gasteiger partial charge in [-0.1, -0.05) is 64.0 Å². The van der Waals surface area contributed by atoms with Crippen LogP contribution in [0.15, 0.2) is 12.2 Å². The molecule has 180 valence electrons. The molecule has 7 nitrogen and oxygen atoms in total. The Balaban J connectivity index is 4.71. The monoisotopic (exact) mass is 442 g/mol. The first kappa shape index (κ1) is 29.1. The molecule has 0 heterocycles. The Kier molecular flexibility index (Phi) is 14.9. The zero-order valence-corrected chi connectivity index (χ0v) is 19.9. The summed E-state index contributed by atoms with van der Waals surface area (Å²) in [6, 6.07) is -3.42. The molecule has 0 saturated heterocycles.